The maximum Gasteiger partial charge on any atom is 0.253 e. The Morgan fingerprint density at radius 3 is 2.33 bits per heavy atom. The lowest BCUT2D eigenvalue weighted by molar-refractivity contribution is 0.0773. The molecule has 0 spiro atoms. The van der Waals surface area contributed by atoms with Gasteiger partial charge in [-0.05, 0) is 44.4 Å². The highest BCUT2D eigenvalue weighted by Crippen LogP contribution is 2.14. The van der Waals surface area contributed by atoms with E-state index >= 15 is 0 Å². The van der Waals surface area contributed by atoms with Crippen LogP contribution in [0.4, 0.5) is 0 Å². The minimum Gasteiger partial charge on any atom is -0.359 e. The number of aliphatic imine (C=N–C) groups is 1. The van der Waals surface area contributed by atoms with E-state index in [1.54, 1.807) is 0 Å². The summed E-state index contributed by atoms with van der Waals surface area (Å²) in [5.74, 6) is 1.88. The van der Waals surface area contributed by atoms with E-state index in [9.17, 15) is 4.79 Å². The van der Waals surface area contributed by atoms with Crippen LogP contribution < -0.4 is 10.6 Å². The van der Waals surface area contributed by atoms with E-state index in [2.05, 4.69) is 34.6 Å². The third-order valence-corrected chi connectivity index (χ3v) is 4.61. The quantitative estimate of drug-likeness (QED) is 0.291. The van der Waals surface area contributed by atoms with Gasteiger partial charge in [-0.2, -0.15) is 0 Å². The number of hydrogen-bond donors (Lipinski definition) is 2. The van der Waals surface area contributed by atoms with Crippen LogP contribution in [0.1, 0.15) is 67.9 Å². The number of guanidine groups is 1. The van der Waals surface area contributed by atoms with Crippen molar-refractivity contribution >= 4 is 35.8 Å². The van der Waals surface area contributed by atoms with E-state index in [1.165, 1.54) is 0 Å². The topological polar surface area (TPSA) is 82.8 Å². The van der Waals surface area contributed by atoms with Crippen molar-refractivity contribution in [2.75, 3.05) is 19.6 Å². The highest BCUT2D eigenvalue weighted by Gasteiger charge is 2.12. The number of carbonyl (C=O) groups excluding carboxylic acids is 1. The minimum absolute atomic E-state index is 0. The number of nitrogens with one attached hydrogen (secondary N) is 2. The first-order valence-corrected chi connectivity index (χ1v) is 10.3. The predicted octanol–water partition coefficient (Wildman–Crippen LogP) is 4.15. The molecule has 1 aromatic heterocycles. The molecule has 0 bridgehead atoms. The van der Waals surface area contributed by atoms with Gasteiger partial charge in [-0.15, -0.1) is 24.0 Å². The van der Waals surface area contributed by atoms with Crippen LogP contribution in [0.2, 0.25) is 0 Å². The first-order valence-electron chi connectivity index (χ1n) is 10.3. The summed E-state index contributed by atoms with van der Waals surface area (Å²) in [4.78, 5) is 18.8. The molecule has 8 heteroatoms. The molecule has 0 aliphatic rings. The zero-order valence-electron chi connectivity index (χ0n) is 18.6. The van der Waals surface area contributed by atoms with Gasteiger partial charge in [0.1, 0.15) is 0 Å². The van der Waals surface area contributed by atoms with E-state index < -0.39 is 0 Å². The molecule has 0 aliphatic carbocycles. The zero-order valence-corrected chi connectivity index (χ0v) is 20.9. The fraction of sp³-hybridized carbons (Fsp3) is 0.500. The Hall–Kier alpha value is -2.10. The summed E-state index contributed by atoms with van der Waals surface area (Å²) in [6.07, 6.45) is 0. The number of hydrogen-bond acceptors (Lipinski definition) is 4. The number of aromatic nitrogens is 1. The van der Waals surface area contributed by atoms with Gasteiger partial charge in [0, 0.05) is 31.3 Å². The lowest BCUT2D eigenvalue weighted by Gasteiger charge is -2.18. The number of rotatable bonds is 9. The average molecular weight is 527 g/mol. The van der Waals surface area contributed by atoms with Gasteiger partial charge in [0.25, 0.3) is 5.91 Å². The summed E-state index contributed by atoms with van der Waals surface area (Å²) in [7, 11) is 0. The second-order valence-electron chi connectivity index (χ2n) is 7.10. The molecular weight excluding hydrogens is 493 g/mol. The molecule has 2 aromatic rings. The Labute approximate surface area is 196 Å². The van der Waals surface area contributed by atoms with E-state index in [4.69, 9.17) is 4.52 Å². The molecule has 1 heterocycles. The molecule has 0 radical (unpaired) electrons. The first-order chi connectivity index (χ1) is 14.0. The SMILES string of the molecule is CCNC(=NCc1ccc(C(=O)N(CC)CC)cc1)NCc1cc(C(C)C)no1.I. The molecule has 0 saturated heterocycles. The van der Waals surface area contributed by atoms with E-state index in [1.807, 2.05) is 56.0 Å². The molecule has 7 nitrogen and oxygen atoms in total. The molecule has 0 atom stereocenters. The summed E-state index contributed by atoms with van der Waals surface area (Å²) >= 11 is 0. The third-order valence-electron chi connectivity index (χ3n) is 4.61. The summed E-state index contributed by atoms with van der Waals surface area (Å²) in [5, 5.41) is 10.6. The van der Waals surface area contributed by atoms with Gasteiger partial charge in [-0.1, -0.05) is 31.1 Å². The Morgan fingerprint density at radius 2 is 1.80 bits per heavy atom. The molecule has 0 saturated carbocycles. The van der Waals surface area contributed by atoms with Crippen molar-refractivity contribution in [1.29, 1.82) is 0 Å². The second-order valence-corrected chi connectivity index (χ2v) is 7.10. The van der Waals surface area contributed by atoms with E-state index in [0.29, 0.717) is 43.6 Å². The van der Waals surface area contributed by atoms with Gasteiger partial charge in [0.2, 0.25) is 0 Å². The van der Waals surface area contributed by atoms with Crippen LogP contribution in [0.3, 0.4) is 0 Å². The average Bonchev–Trinajstić information content (AvgIpc) is 3.21. The fourth-order valence-corrected chi connectivity index (χ4v) is 2.81. The Bertz CT molecular complexity index is 798. The van der Waals surface area contributed by atoms with Crippen molar-refractivity contribution in [1.82, 2.24) is 20.7 Å². The number of benzene rings is 1. The van der Waals surface area contributed by atoms with Gasteiger partial charge in [-0.3, -0.25) is 4.79 Å². The van der Waals surface area contributed by atoms with Gasteiger partial charge >= 0.3 is 0 Å². The van der Waals surface area contributed by atoms with Crippen molar-refractivity contribution < 1.29 is 9.32 Å². The molecule has 2 N–H and O–H groups in total. The number of nitrogens with zero attached hydrogens (tertiary/aromatic N) is 3. The summed E-state index contributed by atoms with van der Waals surface area (Å²) < 4.78 is 5.36. The molecule has 0 unspecified atom stereocenters. The monoisotopic (exact) mass is 527 g/mol. The summed E-state index contributed by atoms with van der Waals surface area (Å²) in [6, 6.07) is 9.61. The third kappa shape index (κ3) is 7.62. The Morgan fingerprint density at radius 1 is 1.13 bits per heavy atom. The van der Waals surface area contributed by atoms with Crippen LogP contribution in [0, 0.1) is 0 Å². The lowest BCUT2D eigenvalue weighted by atomic mass is 10.1. The normalized spacial score (nSPS) is 11.2. The van der Waals surface area contributed by atoms with Gasteiger partial charge in [0.05, 0.1) is 18.8 Å². The lowest BCUT2D eigenvalue weighted by Crippen LogP contribution is -2.36. The largest absolute Gasteiger partial charge is 0.359 e. The van der Waals surface area contributed by atoms with Crippen LogP contribution >= 0.6 is 24.0 Å². The maximum atomic E-state index is 12.4. The number of amides is 1. The van der Waals surface area contributed by atoms with E-state index in [0.717, 1.165) is 23.6 Å². The molecule has 0 fully saturated rings. The highest BCUT2D eigenvalue weighted by atomic mass is 127. The van der Waals surface area contributed by atoms with Crippen LogP contribution in [0.25, 0.3) is 0 Å². The summed E-state index contributed by atoms with van der Waals surface area (Å²) in [6.45, 7) is 13.4. The van der Waals surface area contributed by atoms with Crippen molar-refractivity contribution in [3.63, 3.8) is 0 Å². The molecule has 30 heavy (non-hydrogen) atoms. The Balaban J connectivity index is 0.00000450. The van der Waals surface area contributed by atoms with Gasteiger partial charge in [0.15, 0.2) is 11.7 Å². The fourth-order valence-electron chi connectivity index (χ4n) is 2.81. The summed E-state index contributed by atoms with van der Waals surface area (Å²) in [5.41, 5.74) is 2.70. The van der Waals surface area contributed by atoms with Crippen molar-refractivity contribution in [2.45, 2.75) is 53.6 Å². The van der Waals surface area contributed by atoms with Gasteiger partial charge in [-0.25, -0.2) is 4.99 Å². The van der Waals surface area contributed by atoms with Crippen molar-refractivity contribution in [3.8, 4) is 0 Å². The van der Waals surface area contributed by atoms with Crippen LogP contribution in [-0.4, -0.2) is 41.6 Å². The molecule has 166 valence electrons. The number of carbonyl (C=O) groups is 1. The van der Waals surface area contributed by atoms with Crippen LogP contribution in [-0.2, 0) is 13.1 Å². The van der Waals surface area contributed by atoms with Crippen LogP contribution in [0.15, 0.2) is 39.8 Å². The standard InChI is InChI=1S/C22H33N5O2.HI/c1-6-23-22(25-15-19-13-20(16(4)5)26-29-19)24-14-17-9-11-18(12-10-17)21(28)27(7-2)8-3;/h9-13,16H,6-8,14-15H2,1-5H3,(H2,23,24,25);1H. The van der Waals surface area contributed by atoms with Crippen LogP contribution in [0.5, 0.6) is 0 Å². The molecule has 0 aliphatic heterocycles. The van der Waals surface area contributed by atoms with Crippen molar-refractivity contribution in [2.24, 2.45) is 4.99 Å². The smallest absolute Gasteiger partial charge is 0.253 e. The maximum absolute atomic E-state index is 12.4. The first kappa shape index (κ1) is 25.9. The minimum atomic E-state index is 0. The molecule has 1 amide bonds. The van der Waals surface area contributed by atoms with E-state index in [-0.39, 0.29) is 29.9 Å². The molecular formula is C22H34IN5O2. The zero-order chi connectivity index (χ0) is 21.2. The predicted molar refractivity (Wildman–Crippen MR) is 131 cm³/mol. The van der Waals surface area contributed by atoms with Crippen molar-refractivity contribution in [3.05, 3.63) is 52.9 Å². The number of halogens is 1. The van der Waals surface area contributed by atoms with Gasteiger partial charge < -0.3 is 20.1 Å². The highest BCUT2D eigenvalue weighted by molar-refractivity contribution is 14.0. The molecule has 1 aromatic carbocycles. The Kier molecular flexibility index (Phi) is 11.5. The molecule has 2 rings (SSSR count). The second kappa shape index (κ2) is 13.3.